The Kier molecular flexibility index (Phi) is 8.37. The number of rotatable bonds is 9. The van der Waals surface area contributed by atoms with Crippen molar-refractivity contribution in [3.63, 3.8) is 0 Å². The number of nitrogens with two attached hydrogens (primary N) is 1. The number of amides is 2. The summed E-state index contributed by atoms with van der Waals surface area (Å²) in [6.07, 6.45) is 1.87. The van der Waals surface area contributed by atoms with E-state index in [1.807, 2.05) is 16.8 Å². The predicted octanol–water partition coefficient (Wildman–Crippen LogP) is 3.29. The van der Waals surface area contributed by atoms with Crippen molar-refractivity contribution in [1.82, 2.24) is 14.8 Å². The summed E-state index contributed by atoms with van der Waals surface area (Å²) < 4.78 is 16.7. The summed E-state index contributed by atoms with van der Waals surface area (Å²) in [4.78, 5) is 34.4. The summed E-state index contributed by atoms with van der Waals surface area (Å²) in [5.74, 6) is 1.19. The Labute approximate surface area is 225 Å². The van der Waals surface area contributed by atoms with Crippen LogP contribution in [0.25, 0.3) is 0 Å². The van der Waals surface area contributed by atoms with Crippen LogP contribution >= 0.6 is 11.3 Å². The van der Waals surface area contributed by atoms with Gasteiger partial charge in [0.25, 0.3) is 0 Å². The van der Waals surface area contributed by atoms with Gasteiger partial charge >= 0.3 is 6.03 Å². The number of pyridine rings is 1. The number of fused-ring (bicyclic) bond motifs is 1. The van der Waals surface area contributed by atoms with Gasteiger partial charge in [0.05, 0.1) is 13.2 Å². The van der Waals surface area contributed by atoms with E-state index in [1.165, 1.54) is 11.3 Å². The van der Waals surface area contributed by atoms with Crippen molar-refractivity contribution < 1.29 is 23.8 Å². The lowest BCUT2D eigenvalue weighted by Gasteiger charge is -2.30. The van der Waals surface area contributed by atoms with Crippen LogP contribution in [0, 0.1) is 0 Å². The SMILES string of the molecule is Nc1cscc1CC(=O)c1ccc(CN(CCN2CCOCC2)C(=O)Nc2ccc3c(c2)OCCO3)cn1. The highest BCUT2D eigenvalue weighted by Gasteiger charge is 2.20. The Morgan fingerprint density at radius 3 is 2.61 bits per heavy atom. The van der Waals surface area contributed by atoms with Gasteiger partial charge < -0.3 is 30.2 Å². The molecule has 1 fully saturated rings. The first-order valence-electron chi connectivity index (χ1n) is 12.6. The van der Waals surface area contributed by atoms with Crippen LogP contribution in [0.3, 0.4) is 0 Å². The number of aromatic nitrogens is 1. The zero-order valence-electron chi connectivity index (χ0n) is 21.1. The van der Waals surface area contributed by atoms with Crippen LogP contribution in [0.4, 0.5) is 16.2 Å². The topological polar surface area (TPSA) is 119 Å². The monoisotopic (exact) mass is 537 g/mol. The third-order valence-electron chi connectivity index (χ3n) is 6.48. The van der Waals surface area contributed by atoms with E-state index < -0.39 is 0 Å². The van der Waals surface area contributed by atoms with Crippen molar-refractivity contribution in [3.8, 4) is 11.5 Å². The van der Waals surface area contributed by atoms with Crippen molar-refractivity contribution in [2.75, 3.05) is 63.7 Å². The molecule has 10 nitrogen and oxygen atoms in total. The number of hydrogen-bond acceptors (Lipinski definition) is 9. The standard InChI is InChI=1S/C27H31N5O5S/c28-22-18-38-17-20(22)13-24(33)23-3-1-19(15-29-23)16-32(6-5-31-7-9-35-10-8-31)27(34)30-21-2-4-25-26(14-21)37-12-11-36-25/h1-4,14-15,17-18H,5-13,16,28H2,(H,30,34). The number of thiophene rings is 1. The Morgan fingerprint density at radius 1 is 1.05 bits per heavy atom. The number of benzene rings is 1. The molecule has 38 heavy (non-hydrogen) atoms. The normalized spacial score (nSPS) is 15.2. The molecule has 4 heterocycles. The summed E-state index contributed by atoms with van der Waals surface area (Å²) in [6, 6.07) is 8.69. The molecule has 0 atom stereocenters. The highest BCUT2D eigenvalue weighted by Crippen LogP contribution is 2.32. The quantitative estimate of drug-likeness (QED) is 0.399. The molecule has 2 aromatic heterocycles. The number of urea groups is 1. The zero-order valence-corrected chi connectivity index (χ0v) is 21.9. The van der Waals surface area contributed by atoms with Gasteiger partial charge in [-0.15, -0.1) is 11.3 Å². The fourth-order valence-corrected chi connectivity index (χ4v) is 5.06. The molecule has 2 amide bonds. The molecule has 5 rings (SSSR count). The van der Waals surface area contributed by atoms with Crippen molar-refractivity contribution in [3.05, 3.63) is 64.1 Å². The fourth-order valence-electron chi connectivity index (χ4n) is 4.31. The molecule has 0 saturated carbocycles. The molecule has 1 saturated heterocycles. The molecule has 0 spiro atoms. The summed E-state index contributed by atoms with van der Waals surface area (Å²) in [7, 11) is 0. The highest BCUT2D eigenvalue weighted by atomic mass is 32.1. The van der Waals surface area contributed by atoms with Gasteiger partial charge in [0.15, 0.2) is 17.3 Å². The number of nitrogen functional groups attached to an aromatic ring is 1. The smallest absolute Gasteiger partial charge is 0.322 e. The second kappa shape index (κ2) is 12.2. The highest BCUT2D eigenvalue weighted by molar-refractivity contribution is 7.08. The summed E-state index contributed by atoms with van der Waals surface area (Å²) in [5.41, 5.74) is 9.19. The molecule has 1 aromatic carbocycles. The molecule has 3 aromatic rings. The maximum absolute atomic E-state index is 13.4. The fraction of sp³-hybridized carbons (Fsp3) is 0.370. The van der Waals surface area contributed by atoms with Gasteiger partial charge in [-0.2, -0.15) is 0 Å². The Balaban J connectivity index is 1.25. The summed E-state index contributed by atoms with van der Waals surface area (Å²) in [5, 5.41) is 6.69. The third-order valence-corrected chi connectivity index (χ3v) is 7.29. The van der Waals surface area contributed by atoms with Crippen LogP contribution in [0.5, 0.6) is 11.5 Å². The minimum absolute atomic E-state index is 0.0952. The molecule has 0 aliphatic carbocycles. The van der Waals surface area contributed by atoms with E-state index in [2.05, 4.69) is 15.2 Å². The average Bonchev–Trinajstić information content (AvgIpc) is 3.35. The van der Waals surface area contributed by atoms with Crippen LogP contribution in [0.15, 0.2) is 47.3 Å². The second-order valence-electron chi connectivity index (χ2n) is 9.17. The molecule has 0 bridgehead atoms. The van der Waals surface area contributed by atoms with Gasteiger partial charge in [-0.05, 0) is 34.7 Å². The number of carbonyl (C=O) groups excluding carboxylic acids is 2. The summed E-state index contributed by atoms with van der Waals surface area (Å²) in [6.45, 7) is 5.64. The van der Waals surface area contributed by atoms with Crippen molar-refractivity contribution in [2.45, 2.75) is 13.0 Å². The average molecular weight is 538 g/mol. The van der Waals surface area contributed by atoms with E-state index in [1.54, 1.807) is 35.4 Å². The predicted molar refractivity (Wildman–Crippen MR) is 145 cm³/mol. The molecule has 200 valence electrons. The third kappa shape index (κ3) is 6.60. The minimum atomic E-state index is -0.233. The van der Waals surface area contributed by atoms with Crippen LogP contribution in [0.1, 0.15) is 21.6 Å². The van der Waals surface area contributed by atoms with E-state index in [-0.39, 0.29) is 18.2 Å². The van der Waals surface area contributed by atoms with Gasteiger partial charge in [0.2, 0.25) is 0 Å². The van der Waals surface area contributed by atoms with Crippen LogP contribution in [-0.4, -0.2) is 79.2 Å². The number of morpholine rings is 1. The lowest BCUT2D eigenvalue weighted by Crippen LogP contribution is -2.44. The largest absolute Gasteiger partial charge is 0.486 e. The number of ketones is 1. The molecule has 11 heteroatoms. The van der Waals surface area contributed by atoms with Crippen LogP contribution < -0.4 is 20.5 Å². The molecular formula is C27H31N5O5S. The van der Waals surface area contributed by atoms with E-state index in [9.17, 15) is 9.59 Å². The van der Waals surface area contributed by atoms with Crippen LogP contribution in [-0.2, 0) is 17.7 Å². The van der Waals surface area contributed by atoms with E-state index in [4.69, 9.17) is 19.9 Å². The van der Waals surface area contributed by atoms with Crippen LogP contribution in [0.2, 0.25) is 0 Å². The molecule has 0 unspecified atom stereocenters. The first kappa shape index (κ1) is 26.0. The minimum Gasteiger partial charge on any atom is -0.486 e. The maximum atomic E-state index is 13.4. The first-order chi connectivity index (χ1) is 18.5. The van der Waals surface area contributed by atoms with Gasteiger partial charge in [-0.3, -0.25) is 14.7 Å². The first-order valence-corrected chi connectivity index (χ1v) is 13.5. The Morgan fingerprint density at radius 2 is 1.87 bits per heavy atom. The van der Waals surface area contributed by atoms with Gasteiger partial charge in [0.1, 0.15) is 18.9 Å². The van der Waals surface area contributed by atoms with Crippen molar-refractivity contribution in [1.29, 1.82) is 0 Å². The number of carbonyl (C=O) groups is 2. The number of Topliss-reactive ketones (excluding diaryl/α,β-unsaturated/α-hetero) is 1. The van der Waals surface area contributed by atoms with Crippen molar-refractivity contribution >= 4 is 34.5 Å². The number of nitrogens with one attached hydrogen (secondary N) is 1. The number of nitrogens with zero attached hydrogens (tertiary/aromatic N) is 3. The molecule has 2 aliphatic rings. The molecule has 0 radical (unpaired) electrons. The number of ether oxygens (including phenoxy) is 3. The van der Waals surface area contributed by atoms with Gasteiger partial charge in [-0.25, -0.2) is 4.79 Å². The number of hydrogen-bond donors (Lipinski definition) is 2. The van der Waals surface area contributed by atoms with Crippen molar-refractivity contribution in [2.24, 2.45) is 0 Å². The lowest BCUT2D eigenvalue weighted by molar-refractivity contribution is 0.0349. The summed E-state index contributed by atoms with van der Waals surface area (Å²) >= 11 is 1.47. The Hall–Kier alpha value is -3.67. The van der Waals surface area contributed by atoms with Gasteiger partial charge in [-0.1, -0.05) is 6.07 Å². The zero-order chi connectivity index (χ0) is 26.3. The van der Waals surface area contributed by atoms with Gasteiger partial charge in [0, 0.05) is 68.2 Å². The number of anilines is 2. The van der Waals surface area contributed by atoms with E-state index in [0.717, 1.165) is 30.8 Å². The molecule has 3 N–H and O–H groups in total. The maximum Gasteiger partial charge on any atom is 0.322 e. The second-order valence-corrected chi connectivity index (χ2v) is 9.91. The Bertz CT molecular complexity index is 1260. The molecule has 2 aliphatic heterocycles. The van der Waals surface area contributed by atoms with E-state index in [0.29, 0.717) is 68.1 Å². The van der Waals surface area contributed by atoms with E-state index >= 15 is 0 Å². The lowest BCUT2D eigenvalue weighted by atomic mass is 10.1. The molecular weight excluding hydrogens is 506 g/mol.